The molecular formula is C10H21NO. The summed E-state index contributed by atoms with van der Waals surface area (Å²) in [5, 5.41) is 13.3. The Balaban J connectivity index is 2.12. The first kappa shape index (κ1) is 10.0. The predicted octanol–water partition coefficient (Wildman–Crippen LogP) is 1.54. The van der Waals surface area contributed by atoms with E-state index in [-0.39, 0.29) is 0 Å². The molecule has 0 aliphatic heterocycles. The van der Waals surface area contributed by atoms with Gasteiger partial charge in [0.2, 0.25) is 0 Å². The lowest BCUT2D eigenvalue weighted by Gasteiger charge is -2.23. The second-order valence-electron chi connectivity index (χ2n) is 4.49. The van der Waals surface area contributed by atoms with Gasteiger partial charge >= 0.3 is 0 Å². The van der Waals surface area contributed by atoms with Gasteiger partial charge in [0.1, 0.15) is 0 Å². The molecule has 12 heavy (non-hydrogen) atoms. The van der Waals surface area contributed by atoms with Crippen LogP contribution in [0.15, 0.2) is 0 Å². The fourth-order valence-electron chi connectivity index (χ4n) is 1.52. The van der Waals surface area contributed by atoms with Gasteiger partial charge < -0.3 is 10.4 Å². The minimum atomic E-state index is -0.415. The number of hydrogen-bond donors (Lipinski definition) is 2. The van der Waals surface area contributed by atoms with Crippen LogP contribution in [0.4, 0.5) is 0 Å². The fraction of sp³-hybridized carbons (Fsp3) is 1.00. The zero-order valence-corrected chi connectivity index (χ0v) is 8.43. The first-order valence-electron chi connectivity index (χ1n) is 4.98. The van der Waals surface area contributed by atoms with Crippen LogP contribution in [0.3, 0.4) is 0 Å². The Morgan fingerprint density at radius 3 is 2.50 bits per heavy atom. The minimum Gasteiger partial charge on any atom is -0.390 e. The second kappa shape index (κ2) is 3.75. The minimum absolute atomic E-state index is 0.415. The Hall–Kier alpha value is -0.0800. The average Bonchev–Trinajstić information content (AvgIpc) is 2.65. The van der Waals surface area contributed by atoms with Crippen molar-refractivity contribution in [3.63, 3.8) is 0 Å². The molecule has 1 saturated carbocycles. The van der Waals surface area contributed by atoms with Gasteiger partial charge in [0.25, 0.3) is 0 Å². The number of hydrogen-bond acceptors (Lipinski definition) is 2. The zero-order chi connectivity index (χ0) is 9.19. The Morgan fingerprint density at radius 2 is 2.08 bits per heavy atom. The summed E-state index contributed by atoms with van der Waals surface area (Å²) >= 11 is 0. The molecule has 72 valence electrons. The van der Waals surface area contributed by atoms with Crippen molar-refractivity contribution in [1.29, 1.82) is 0 Å². The van der Waals surface area contributed by atoms with Crippen LogP contribution in [0.1, 0.15) is 40.0 Å². The maximum Gasteiger partial charge on any atom is 0.0659 e. The van der Waals surface area contributed by atoms with Gasteiger partial charge in [-0.25, -0.2) is 0 Å². The maximum atomic E-state index is 9.93. The van der Waals surface area contributed by atoms with Crippen molar-refractivity contribution in [3.05, 3.63) is 0 Å². The summed E-state index contributed by atoms with van der Waals surface area (Å²) in [6, 6.07) is 0.528. The van der Waals surface area contributed by atoms with Gasteiger partial charge in [-0.2, -0.15) is 0 Å². The summed E-state index contributed by atoms with van der Waals surface area (Å²) in [5.74, 6) is 0.575. The van der Waals surface area contributed by atoms with Crippen LogP contribution in [0.5, 0.6) is 0 Å². The van der Waals surface area contributed by atoms with Gasteiger partial charge in [-0.3, -0.25) is 0 Å². The molecule has 0 amide bonds. The smallest absolute Gasteiger partial charge is 0.0659 e. The highest BCUT2D eigenvalue weighted by atomic mass is 16.3. The quantitative estimate of drug-likeness (QED) is 0.657. The first-order valence-corrected chi connectivity index (χ1v) is 4.98. The van der Waals surface area contributed by atoms with E-state index >= 15 is 0 Å². The molecule has 0 heterocycles. The van der Waals surface area contributed by atoms with E-state index in [1.165, 1.54) is 12.8 Å². The van der Waals surface area contributed by atoms with Crippen LogP contribution in [-0.4, -0.2) is 23.3 Å². The molecular weight excluding hydrogens is 150 g/mol. The van der Waals surface area contributed by atoms with Crippen molar-refractivity contribution in [1.82, 2.24) is 5.32 Å². The molecule has 1 unspecified atom stereocenters. The Labute approximate surface area is 75.4 Å². The average molecular weight is 171 g/mol. The third-order valence-electron chi connectivity index (χ3n) is 2.64. The van der Waals surface area contributed by atoms with Crippen molar-refractivity contribution in [2.24, 2.45) is 5.92 Å². The molecule has 2 nitrogen and oxygen atoms in total. The van der Waals surface area contributed by atoms with Crippen molar-refractivity contribution in [2.45, 2.75) is 51.7 Å². The Morgan fingerprint density at radius 1 is 1.50 bits per heavy atom. The van der Waals surface area contributed by atoms with Gasteiger partial charge in [0, 0.05) is 6.04 Å². The monoisotopic (exact) mass is 171 g/mol. The van der Waals surface area contributed by atoms with Crippen molar-refractivity contribution < 1.29 is 5.11 Å². The van der Waals surface area contributed by atoms with Gasteiger partial charge in [0.05, 0.1) is 5.60 Å². The molecule has 0 spiro atoms. The summed E-state index contributed by atoms with van der Waals surface area (Å²) in [6.07, 6.45) is 3.32. The van der Waals surface area contributed by atoms with Crippen molar-refractivity contribution >= 4 is 0 Å². The summed E-state index contributed by atoms with van der Waals surface area (Å²) in [6.45, 7) is 7.16. The summed E-state index contributed by atoms with van der Waals surface area (Å²) in [7, 11) is 0. The third-order valence-corrected chi connectivity index (χ3v) is 2.64. The Kier molecular flexibility index (Phi) is 3.13. The van der Waals surface area contributed by atoms with E-state index in [0.717, 1.165) is 13.0 Å². The molecule has 0 aromatic rings. The van der Waals surface area contributed by atoms with Gasteiger partial charge in [-0.15, -0.1) is 0 Å². The lowest BCUT2D eigenvalue weighted by Crippen LogP contribution is -2.34. The highest BCUT2D eigenvalue weighted by Crippen LogP contribution is 2.40. The first-order chi connectivity index (χ1) is 5.52. The van der Waals surface area contributed by atoms with E-state index in [1.807, 2.05) is 6.92 Å². The maximum absolute atomic E-state index is 9.93. The standard InChI is InChI=1S/C10H21NO/c1-8(2)11-7-6-10(3,12)9-4-5-9/h8-9,11-12H,4-7H2,1-3H3. The molecule has 2 N–H and O–H groups in total. The highest BCUT2D eigenvalue weighted by molar-refractivity contribution is 4.91. The van der Waals surface area contributed by atoms with E-state index in [0.29, 0.717) is 12.0 Å². The molecule has 1 atom stereocenters. The van der Waals surface area contributed by atoms with Crippen LogP contribution < -0.4 is 5.32 Å². The van der Waals surface area contributed by atoms with E-state index in [4.69, 9.17) is 0 Å². The third kappa shape index (κ3) is 3.11. The van der Waals surface area contributed by atoms with E-state index < -0.39 is 5.60 Å². The number of rotatable bonds is 5. The van der Waals surface area contributed by atoms with Gasteiger partial charge in [-0.1, -0.05) is 13.8 Å². The molecule has 0 radical (unpaired) electrons. The van der Waals surface area contributed by atoms with E-state index in [2.05, 4.69) is 19.2 Å². The summed E-state index contributed by atoms with van der Waals surface area (Å²) in [4.78, 5) is 0. The molecule has 1 rings (SSSR count). The topological polar surface area (TPSA) is 32.3 Å². The van der Waals surface area contributed by atoms with Crippen LogP contribution in [0.25, 0.3) is 0 Å². The summed E-state index contributed by atoms with van der Waals surface area (Å²) < 4.78 is 0. The Bertz CT molecular complexity index is 139. The fourth-order valence-corrected chi connectivity index (χ4v) is 1.52. The van der Waals surface area contributed by atoms with Gasteiger partial charge in [-0.05, 0) is 38.6 Å². The summed E-state index contributed by atoms with van der Waals surface area (Å²) in [5.41, 5.74) is -0.415. The second-order valence-corrected chi connectivity index (χ2v) is 4.49. The van der Waals surface area contributed by atoms with Crippen LogP contribution in [0.2, 0.25) is 0 Å². The number of aliphatic hydroxyl groups is 1. The molecule has 0 aromatic heterocycles. The van der Waals surface area contributed by atoms with E-state index in [1.54, 1.807) is 0 Å². The SMILES string of the molecule is CC(C)NCCC(C)(O)C1CC1. The molecule has 0 aromatic carbocycles. The van der Waals surface area contributed by atoms with Crippen LogP contribution in [0, 0.1) is 5.92 Å². The highest BCUT2D eigenvalue weighted by Gasteiger charge is 2.39. The molecule has 1 aliphatic carbocycles. The predicted molar refractivity (Wildman–Crippen MR) is 51.1 cm³/mol. The van der Waals surface area contributed by atoms with Crippen molar-refractivity contribution in [3.8, 4) is 0 Å². The molecule has 1 aliphatic rings. The molecule has 1 fully saturated rings. The van der Waals surface area contributed by atoms with Crippen LogP contribution >= 0.6 is 0 Å². The van der Waals surface area contributed by atoms with Crippen molar-refractivity contribution in [2.75, 3.05) is 6.54 Å². The lowest BCUT2D eigenvalue weighted by molar-refractivity contribution is 0.0280. The zero-order valence-electron chi connectivity index (χ0n) is 8.43. The normalized spacial score (nSPS) is 22.8. The van der Waals surface area contributed by atoms with Crippen LogP contribution in [-0.2, 0) is 0 Å². The van der Waals surface area contributed by atoms with Gasteiger partial charge in [0.15, 0.2) is 0 Å². The lowest BCUT2D eigenvalue weighted by atomic mass is 9.96. The molecule has 0 bridgehead atoms. The molecule has 0 saturated heterocycles. The van der Waals surface area contributed by atoms with E-state index in [9.17, 15) is 5.11 Å². The largest absolute Gasteiger partial charge is 0.390 e. The number of nitrogens with one attached hydrogen (secondary N) is 1. The molecule has 2 heteroatoms.